The summed E-state index contributed by atoms with van der Waals surface area (Å²) >= 11 is 6.41. The van der Waals surface area contributed by atoms with Gasteiger partial charge >= 0.3 is 0 Å². The van der Waals surface area contributed by atoms with Crippen LogP contribution in [0.3, 0.4) is 0 Å². The molecule has 0 aliphatic heterocycles. The Bertz CT molecular complexity index is 1520. The van der Waals surface area contributed by atoms with Crippen LogP contribution >= 0.6 is 11.6 Å². The molecule has 1 aliphatic carbocycles. The minimum Gasteiger partial charge on any atom is -0.496 e. The van der Waals surface area contributed by atoms with E-state index >= 15 is 0 Å². The number of carbonyl (C=O) groups excluding carboxylic acids is 1. The van der Waals surface area contributed by atoms with Crippen LogP contribution in [0.2, 0.25) is 5.02 Å². The predicted molar refractivity (Wildman–Crippen MR) is 152 cm³/mol. The minimum atomic E-state index is -0.473. The second-order valence-electron chi connectivity index (χ2n) is 10.6. The third-order valence-electron chi connectivity index (χ3n) is 8.30. The molecule has 0 saturated heterocycles. The molecule has 1 atom stereocenters. The fourth-order valence-corrected chi connectivity index (χ4v) is 6.52. The van der Waals surface area contributed by atoms with E-state index in [2.05, 4.69) is 28.0 Å². The van der Waals surface area contributed by atoms with Gasteiger partial charge in [-0.25, -0.2) is 9.37 Å². The molecule has 1 aromatic carbocycles. The van der Waals surface area contributed by atoms with Gasteiger partial charge in [-0.1, -0.05) is 18.5 Å². The number of methoxy groups -OCH3 is 1. The summed E-state index contributed by atoms with van der Waals surface area (Å²) in [6.45, 7) is 6.15. The van der Waals surface area contributed by atoms with Gasteiger partial charge in [0.25, 0.3) is 0 Å². The zero-order valence-electron chi connectivity index (χ0n) is 23.1. The number of H-pyrrole nitrogens is 1. The predicted octanol–water partition coefficient (Wildman–Crippen LogP) is 6.86. The Kier molecular flexibility index (Phi) is 7.67. The molecule has 3 heterocycles. The second kappa shape index (κ2) is 11.0. The number of benzene rings is 1. The molecule has 206 valence electrons. The molecule has 1 fully saturated rings. The Morgan fingerprint density at radius 1 is 1.28 bits per heavy atom. The molecule has 1 amide bonds. The number of aromatic amines is 1. The first-order valence-corrected chi connectivity index (χ1v) is 13.9. The SMILES string of the molecule is CNC(=O)CC1CCC(n2nc(C)c(-c3cnc4[nH]cc([C@H](C)c5c(OC)ccc(F)c5Cl)c4c3)c2C)CC1. The van der Waals surface area contributed by atoms with Crippen molar-refractivity contribution in [2.24, 2.45) is 5.92 Å². The smallest absolute Gasteiger partial charge is 0.220 e. The Balaban J connectivity index is 1.47. The molecule has 4 aromatic rings. The molecule has 39 heavy (non-hydrogen) atoms. The number of amides is 1. The number of pyridine rings is 1. The zero-order valence-corrected chi connectivity index (χ0v) is 23.8. The topological polar surface area (TPSA) is 84.8 Å². The van der Waals surface area contributed by atoms with Crippen LogP contribution in [-0.4, -0.2) is 39.8 Å². The second-order valence-corrected chi connectivity index (χ2v) is 11.0. The maximum Gasteiger partial charge on any atom is 0.220 e. The number of hydrogen-bond donors (Lipinski definition) is 2. The number of carbonyl (C=O) groups is 1. The molecule has 0 unspecified atom stereocenters. The molecule has 0 radical (unpaired) electrons. The maximum absolute atomic E-state index is 14.4. The van der Waals surface area contributed by atoms with Gasteiger partial charge in [0, 0.05) is 59.6 Å². The number of ether oxygens (including phenoxy) is 1. The third kappa shape index (κ3) is 5.02. The standard InChI is InChI=1S/C30H35ClFN5O2/c1-16(27-25(39-5)11-10-24(32)29(27)31)23-15-35-30-22(23)13-20(14-34-30)28-17(2)36-37(18(28)3)21-8-6-19(7-9-21)12-26(38)33-4/h10-11,13-16,19,21H,6-9,12H2,1-5H3,(H,33,38)(H,34,35)/t16-,19?,21?/m0/s1. The van der Waals surface area contributed by atoms with E-state index in [1.54, 1.807) is 20.2 Å². The quantitative estimate of drug-likeness (QED) is 0.263. The Morgan fingerprint density at radius 2 is 2.03 bits per heavy atom. The van der Waals surface area contributed by atoms with E-state index in [-0.39, 0.29) is 16.8 Å². The lowest BCUT2D eigenvalue weighted by atomic mass is 9.84. The first kappa shape index (κ1) is 27.2. The fourth-order valence-electron chi connectivity index (χ4n) is 6.20. The Hall–Kier alpha value is -3.39. The summed E-state index contributed by atoms with van der Waals surface area (Å²) in [5, 5.41) is 8.71. The van der Waals surface area contributed by atoms with Crippen LogP contribution in [0.5, 0.6) is 5.75 Å². The Morgan fingerprint density at radius 3 is 2.72 bits per heavy atom. The van der Waals surface area contributed by atoms with Gasteiger partial charge < -0.3 is 15.0 Å². The number of fused-ring (bicyclic) bond motifs is 1. The van der Waals surface area contributed by atoms with E-state index in [0.717, 1.165) is 64.8 Å². The first-order chi connectivity index (χ1) is 18.7. The number of nitrogens with zero attached hydrogens (tertiary/aromatic N) is 3. The van der Waals surface area contributed by atoms with Crippen molar-refractivity contribution in [3.8, 4) is 16.9 Å². The number of hydrogen-bond acceptors (Lipinski definition) is 4. The van der Waals surface area contributed by atoms with Gasteiger partial charge in [-0.3, -0.25) is 9.48 Å². The van der Waals surface area contributed by atoms with Crippen molar-refractivity contribution in [1.29, 1.82) is 0 Å². The summed E-state index contributed by atoms with van der Waals surface area (Å²) in [5.41, 5.74) is 6.47. The van der Waals surface area contributed by atoms with Crippen molar-refractivity contribution < 1.29 is 13.9 Å². The van der Waals surface area contributed by atoms with Gasteiger partial charge in [0.05, 0.1) is 23.9 Å². The molecule has 2 N–H and O–H groups in total. The number of aryl methyl sites for hydroxylation is 1. The fraction of sp³-hybridized carbons (Fsp3) is 0.433. The summed E-state index contributed by atoms with van der Waals surface area (Å²) in [5.74, 6) is 0.392. The van der Waals surface area contributed by atoms with Crippen LogP contribution in [0.4, 0.5) is 4.39 Å². The largest absolute Gasteiger partial charge is 0.496 e. The third-order valence-corrected chi connectivity index (χ3v) is 8.69. The van der Waals surface area contributed by atoms with Gasteiger partial charge in [-0.05, 0) is 69.2 Å². The van der Waals surface area contributed by atoms with Gasteiger partial charge in [0.2, 0.25) is 5.91 Å². The highest BCUT2D eigenvalue weighted by atomic mass is 35.5. The van der Waals surface area contributed by atoms with E-state index in [1.807, 2.05) is 26.2 Å². The first-order valence-electron chi connectivity index (χ1n) is 13.5. The van der Waals surface area contributed by atoms with Crippen molar-refractivity contribution >= 4 is 28.5 Å². The van der Waals surface area contributed by atoms with Crippen molar-refractivity contribution in [3.63, 3.8) is 0 Å². The summed E-state index contributed by atoms with van der Waals surface area (Å²) < 4.78 is 22.1. The van der Waals surface area contributed by atoms with Crippen LogP contribution in [0.15, 0.2) is 30.6 Å². The highest BCUT2D eigenvalue weighted by molar-refractivity contribution is 6.31. The van der Waals surface area contributed by atoms with Crippen molar-refractivity contribution in [2.45, 2.75) is 64.8 Å². The van der Waals surface area contributed by atoms with Crippen LogP contribution in [0.25, 0.3) is 22.2 Å². The van der Waals surface area contributed by atoms with E-state index in [9.17, 15) is 9.18 Å². The van der Waals surface area contributed by atoms with Crippen LogP contribution in [0, 0.1) is 25.6 Å². The molecule has 3 aromatic heterocycles. The van der Waals surface area contributed by atoms with Gasteiger partial charge in [-0.15, -0.1) is 0 Å². The Labute approximate surface area is 233 Å². The average Bonchev–Trinajstić information content (AvgIpc) is 3.49. The van der Waals surface area contributed by atoms with Crippen LogP contribution in [0.1, 0.15) is 73.5 Å². The molecule has 1 aliphatic rings. The summed E-state index contributed by atoms with van der Waals surface area (Å²) in [7, 11) is 3.26. The maximum atomic E-state index is 14.4. The number of aromatic nitrogens is 4. The van der Waals surface area contributed by atoms with Crippen LogP contribution < -0.4 is 10.1 Å². The van der Waals surface area contributed by atoms with E-state index in [1.165, 1.54) is 6.07 Å². The molecule has 9 heteroatoms. The van der Waals surface area contributed by atoms with Gasteiger partial charge in [-0.2, -0.15) is 5.10 Å². The van der Waals surface area contributed by atoms with E-state index in [0.29, 0.717) is 29.7 Å². The van der Waals surface area contributed by atoms with Crippen molar-refractivity contribution in [3.05, 3.63) is 63.9 Å². The average molecular weight is 552 g/mol. The van der Waals surface area contributed by atoms with Crippen LogP contribution in [-0.2, 0) is 4.79 Å². The number of nitrogens with one attached hydrogen (secondary N) is 2. The molecule has 0 spiro atoms. The summed E-state index contributed by atoms with van der Waals surface area (Å²) in [6, 6.07) is 5.38. The molecule has 0 bridgehead atoms. The molecular formula is C30H35ClFN5O2. The van der Waals surface area contributed by atoms with Crippen molar-refractivity contribution in [1.82, 2.24) is 25.1 Å². The lowest BCUT2D eigenvalue weighted by Crippen LogP contribution is -2.25. The molecule has 1 saturated carbocycles. The van der Waals surface area contributed by atoms with E-state index < -0.39 is 5.82 Å². The monoisotopic (exact) mass is 551 g/mol. The molecule has 5 rings (SSSR count). The molecule has 7 nitrogen and oxygen atoms in total. The molecular weight excluding hydrogens is 517 g/mol. The highest BCUT2D eigenvalue weighted by Crippen LogP contribution is 2.42. The summed E-state index contributed by atoms with van der Waals surface area (Å²) in [4.78, 5) is 19.8. The highest BCUT2D eigenvalue weighted by Gasteiger charge is 2.28. The summed E-state index contributed by atoms with van der Waals surface area (Å²) in [6.07, 6.45) is 8.46. The zero-order chi connectivity index (χ0) is 27.8. The van der Waals surface area contributed by atoms with Gasteiger partial charge in [0.15, 0.2) is 0 Å². The lowest BCUT2D eigenvalue weighted by Gasteiger charge is -2.29. The number of rotatable bonds is 7. The number of halogens is 2. The van der Waals surface area contributed by atoms with Gasteiger partial charge in [0.1, 0.15) is 17.2 Å². The van der Waals surface area contributed by atoms with E-state index in [4.69, 9.17) is 26.4 Å². The minimum absolute atomic E-state index is 0.0679. The lowest BCUT2D eigenvalue weighted by molar-refractivity contribution is -0.121. The van der Waals surface area contributed by atoms with Crippen molar-refractivity contribution in [2.75, 3.05) is 14.2 Å². The normalized spacial score (nSPS) is 18.3.